The summed E-state index contributed by atoms with van der Waals surface area (Å²) >= 11 is 0. The van der Waals surface area contributed by atoms with Gasteiger partial charge in [0.05, 0.1) is 6.20 Å². The standard InChI is InChI=1S/C26H33N5O/c1-29-9-11-31(12-10-29)25-7-5-19(6-8-25)26(32)15-24-14-22-13-20(3-4-21(22)16-27-24)23-17-28-30(2)18-23/h3-4,13-14,16-19,25H,5-12,15H2,1-2H3. The number of Topliss-reactive ketones (excluding diaryl/α,β-unsaturated/α-hetero) is 1. The molecule has 0 N–H and O–H groups in total. The molecule has 1 aliphatic heterocycles. The Morgan fingerprint density at radius 3 is 2.44 bits per heavy atom. The number of fused-ring (bicyclic) bond motifs is 1. The molecular weight excluding hydrogens is 398 g/mol. The highest BCUT2D eigenvalue weighted by molar-refractivity contribution is 5.88. The molecule has 6 heteroatoms. The maximum Gasteiger partial charge on any atom is 0.141 e. The largest absolute Gasteiger partial charge is 0.304 e. The quantitative estimate of drug-likeness (QED) is 0.618. The van der Waals surface area contributed by atoms with Crippen molar-refractivity contribution in [1.29, 1.82) is 0 Å². The van der Waals surface area contributed by atoms with Gasteiger partial charge in [-0.05, 0) is 55.8 Å². The van der Waals surface area contributed by atoms with Crippen LogP contribution in [-0.2, 0) is 18.3 Å². The molecule has 2 fully saturated rings. The fourth-order valence-electron chi connectivity index (χ4n) is 5.31. The molecule has 32 heavy (non-hydrogen) atoms. The first-order chi connectivity index (χ1) is 15.5. The molecule has 0 bridgehead atoms. The lowest BCUT2D eigenvalue weighted by Crippen LogP contribution is -2.50. The van der Waals surface area contributed by atoms with Crippen LogP contribution in [0.15, 0.2) is 42.9 Å². The number of aryl methyl sites for hydroxylation is 1. The third kappa shape index (κ3) is 4.62. The zero-order chi connectivity index (χ0) is 22.1. The monoisotopic (exact) mass is 431 g/mol. The van der Waals surface area contributed by atoms with Crippen LogP contribution in [0, 0.1) is 5.92 Å². The molecular formula is C26H33N5O. The van der Waals surface area contributed by atoms with E-state index in [1.807, 2.05) is 30.3 Å². The highest BCUT2D eigenvalue weighted by Crippen LogP contribution is 2.30. The summed E-state index contributed by atoms with van der Waals surface area (Å²) in [6.07, 6.45) is 10.6. The molecule has 6 nitrogen and oxygen atoms in total. The van der Waals surface area contributed by atoms with Crippen molar-refractivity contribution in [3.05, 3.63) is 48.5 Å². The van der Waals surface area contributed by atoms with Crippen LogP contribution in [0.4, 0.5) is 0 Å². The fourth-order valence-corrected chi connectivity index (χ4v) is 5.31. The number of nitrogens with zero attached hydrogens (tertiary/aromatic N) is 5. The molecule has 3 heterocycles. The highest BCUT2D eigenvalue weighted by atomic mass is 16.1. The van der Waals surface area contributed by atoms with Gasteiger partial charge < -0.3 is 4.90 Å². The van der Waals surface area contributed by atoms with Crippen molar-refractivity contribution in [3.8, 4) is 11.1 Å². The Bertz CT molecular complexity index is 1090. The lowest BCUT2D eigenvalue weighted by molar-refractivity contribution is -0.123. The van der Waals surface area contributed by atoms with Gasteiger partial charge in [-0.2, -0.15) is 5.10 Å². The van der Waals surface area contributed by atoms with Crippen LogP contribution in [0.3, 0.4) is 0 Å². The van der Waals surface area contributed by atoms with Crippen molar-refractivity contribution in [2.45, 2.75) is 38.1 Å². The normalized spacial score (nSPS) is 22.9. The Labute approximate surface area is 190 Å². The van der Waals surface area contributed by atoms with Crippen molar-refractivity contribution in [3.63, 3.8) is 0 Å². The van der Waals surface area contributed by atoms with Crippen molar-refractivity contribution in [2.24, 2.45) is 13.0 Å². The molecule has 2 aliphatic rings. The molecule has 1 aromatic carbocycles. The van der Waals surface area contributed by atoms with E-state index < -0.39 is 0 Å². The van der Waals surface area contributed by atoms with E-state index in [1.54, 1.807) is 0 Å². The average Bonchev–Trinajstić information content (AvgIpc) is 3.25. The molecule has 0 radical (unpaired) electrons. The third-order valence-corrected chi connectivity index (χ3v) is 7.38. The first-order valence-corrected chi connectivity index (χ1v) is 11.9. The maximum atomic E-state index is 13.0. The lowest BCUT2D eigenvalue weighted by atomic mass is 9.81. The SMILES string of the molecule is CN1CCN(C2CCC(C(=O)Cc3cc4cc(-c5cnn(C)c5)ccc4cn3)CC2)CC1. The fraction of sp³-hybridized carbons (Fsp3) is 0.500. The summed E-state index contributed by atoms with van der Waals surface area (Å²) in [6.45, 7) is 4.66. The van der Waals surface area contributed by atoms with Crippen LogP contribution in [0.25, 0.3) is 21.9 Å². The number of rotatable bonds is 5. The number of pyridine rings is 1. The van der Waals surface area contributed by atoms with E-state index >= 15 is 0 Å². The number of benzene rings is 1. The molecule has 5 rings (SSSR count). The summed E-state index contributed by atoms with van der Waals surface area (Å²) in [6, 6.07) is 9.12. The van der Waals surface area contributed by atoms with E-state index in [2.05, 4.69) is 51.2 Å². The second-order valence-corrected chi connectivity index (χ2v) is 9.63. The summed E-state index contributed by atoms with van der Waals surface area (Å²) in [7, 11) is 4.13. The molecule has 1 saturated carbocycles. The van der Waals surface area contributed by atoms with E-state index in [9.17, 15) is 4.79 Å². The third-order valence-electron chi connectivity index (χ3n) is 7.38. The number of likely N-dealkylation sites (N-methyl/N-ethyl adjacent to an activating group) is 1. The number of aromatic nitrogens is 3. The zero-order valence-corrected chi connectivity index (χ0v) is 19.2. The predicted octanol–water partition coefficient (Wildman–Crippen LogP) is 3.55. The molecule has 0 atom stereocenters. The molecule has 1 saturated heterocycles. The topological polar surface area (TPSA) is 54.3 Å². The Morgan fingerprint density at radius 1 is 0.938 bits per heavy atom. The van der Waals surface area contributed by atoms with E-state index in [-0.39, 0.29) is 5.92 Å². The second-order valence-electron chi connectivity index (χ2n) is 9.63. The minimum absolute atomic E-state index is 0.193. The Balaban J connectivity index is 1.22. The number of ketones is 1. The van der Waals surface area contributed by atoms with Gasteiger partial charge in [-0.3, -0.25) is 19.4 Å². The number of carbonyl (C=O) groups is 1. The second kappa shape index (κ2) is 9.12. The first-order valence-electron chi connectivity index (χ1n) is 11.9. The van der Waals surface area contributed by atoms with Crippen LogP contribution < -0.4 is 0 Å². The number of hydrogen-bond donors (Lipinski definition) is 0. The van der Waals surface area contributed by atoms with Gasteiger partial charge in [0.1, 0.15) is 5.78 Å². The van der Waals surface area contributed by atoms with E-state index in [0.717, 1.165) is 66.4 Å². The van der Waals surface area contributed by atoms with Gasteiger partial charge in [-0.1, -0.05) is 12.1 Å². The van der Waals surface area contributed by atoms with Crippen LogP contribution in [-0.4, -0.2) is 69.6 Å². The van der Waals surface area contributed by atoms with Gasteiger partial charge in [-0.25, -0.2) is 0 Å². The van der Waals surface area contributed by atoms with Crippen molar-refractivity contribution in [1.82, 2.24) is 24.6 Å². The zero-order valence-electron chi connectivity index (χ0n) is 19.2. The van der Waals surface area contributed by atoms with Gasteiger partial charge >= 0.3 is 0 Å². The summed E-state index contributed by atoms with van der Waals surface area (Å²) in [4.78, 5) is 22.7. The van der Waals surface area contributed by atoms with Crippen molar-refractivity contribution in [2.75, 3.05) is 33.2 Å². The lowest BCUT2D eigenvalue weighted by Gasteiger charge is -2.40. The van der Waals surface area contributed by atoms with E-state index in [4.69, 9.17) is 0 Å². The van der Waals surface area contributed by atoms with Crippen molar-refractivity contribution < 1.29 is 4.79 Å². The van der Waals surface area contributed by atoms with E-state index in [1.165, 1.54) is 13.1 Å². The average molecular weight is 432 g/mol. The van der Waals surface area contributed by atoms with Gasteiger partial charge in [0.25, 0.3) is 0 Å². The van der Waals surface area contributed by atoms with Crippen LogP contribution in [0.1, 0.15) is 31.4 Å². The molecule has 3 aromatic rings. The minimum atomic E-state index is 0.193. The highest BCUT2D eigenvalue weighted by Gasteiger charge is 2.30. The van der Waals surface area contributed by atoms with E-state index in [0.29, 0.717) is 18.2 Å². The van der Waals surface area contributed by atoms with Gasteiger partial charge in [-0.15, -0.1) is 0 Å². The van der Waals surface area contributed by atoms with Crippen LogP contribution >= 0.6 is 0 Å². The predicted molar refractivity (Wildman–Crippen MR) is 127 cm³/mol. The molecule has 168 valence electrons. The number of hydrogen-bond acceptors (Lipinski definition) is 5. The van der Waals surface area contributed by atoms with Crippen molar-refractivity contribution >= 4 is 16.6 Å². The summed E-state index contributed by atoms with van der Waals surface area (Å²) in [5, 5.41) is 6.50. The molecule has 0 amide bonds. The minimum Gasteiger partial charge on any atom is -0.304 e. The Kier molecular flexibility index (Phi) is 6.07. The Hall–Kier alpha value is -2.57. The summed E-state index contributed by atoms with van der Waals surface area (Å²) in [5.74, 6) is 0.551. The summed E-state index contributed by atoms with van der Waals surface area (Å²) in [5.41, 5.74) is 3.12. The number of piperazine rings is 1. The summed E-state index contributed by atoms with van der Waals surface area (Å²) < 4.78 is 1.81. The van der Waals surface area contributed by atoms with Gasteiger partial charge in [0, 0.05) is 80.6 Å². The molecule has 2 aromatic heterocycles. The van der Waals surface area contributed by atoms with Gasteiger partial charge in [0.2, 0.25) is 0 Å². The molecule has 0 spiro atoms. The Morgan fingerprint density at radius 2 is 1.72 bits per heavy atom. The van der Waals surface area contributed by atoms with Gasteiger partial charge in [0.15, 0.2) is 0 Å². The maximum absolute atomic E-state index is 13.0. The van der Waals surface area contributed by atoms with Crippen LogP contribution in [0.2, 0.25) is 0 Å². The smallest absolute Gasteiger partial charge is 0.141 e. The number of carbonyl (C=O) groups excluding carboxylic acids is 1. The van der Waals surface area contributed by atoms with Crippen LogP contribution in [0.5, 0.6) is 0 Å². The molecule has 0 unspecified atom stereocenters. The molecule has 1 aliphatic carbocycles. The first kappa shape index (κ1) is 21.3.